The number of ether oxygens (including phenoxy) is 2. The summed E-state index contributed by atoms with van der Waals surface area (Å²) in [5.74, 6) is -5.06. The lowest BCUT2D eigenvalue weighted by molar-refractivity contribution is -0.173. The Morgan fingerprint density at radius 1 is 1.23 bits per heavy atom. The summed E-state index contributed by atoms with van der Waals surface area (Å²) in [4.78, 5) is 42.4. The van der Waals surface area contributed by atoms with E-state index in [4.69, 9.17) is 14.7 Å². The Kier molecular flexibility index (Phi) is 6.10. The highest BCUT2D eigenvalue weighted by Gasteiger charge is 2.88. The lowest BCUT2D eigenvalue weighted by Gasteiger charge is -2.40. The second-order valence-corrected chi connectivity index (χ2v) is 10.1. The van der Waals surface area contributed by atoms with Crippen molar-refractivity contribution in [1.29, 1.82) is 5.26 Å². The first-order chi connectivity index (χ1) is 18.4. The number of hydrogen-bond acceptors (Lipinski definition) is 8. The Bertz CT molecular complexity index is 1410. The van der Waals surface area contributed by atoms with Gasteiger partial charge in [0.05, 0.1) is 40.5 Å². The number of imide groups is 1. The van der Waals surface area contributed by atoms with Gasteiger partial charge in [-0.2, -0.15) is 18.4 Å². The molecule has 5 atom stereocenters. The van der Waals surface area contributed by atoms with Crippen molar-refractivity contribution in [2.45, 2.75) is 49.9 Å². The van der Waals surface area contributed by atoms with Crippen molar-refractivity contribution in [3.63, 3.8) is 0 Å². The zero-order chi connectivity index (χ0) is 28.4. The fourth-order valence-corrected chi connectivity index (χ4v) is 6.43. The molecule has 2 aromatic rings. The number of aliphatic hydroxyl groups excluding tert-OH is 2. The number of benzene rings is 2. The van der Waals surface area contributed by atoms with Crippen molar-refractivity contribution < 1.29 is 47.2 Å². The molecular weight excluding hydrogens is 521 g/mol. The SMILES string of the molecule is C[C@]12C[C@H](O)[C@](CCO)(O1)[C@@H]1C(=O)N(c3ccc(C#N)c(C(F)(F)F)c3)C(=O)[C@@]12C(=O)OCc1ccccc1. The number of carbonyl (C=O) groups is 3. The van der Waals surface area contributed by atoms with E-state index < -0.39 is 76.0 Å². The average Bonchev–Trinajstić information content (AvgIpc) is 3.40. The van der Waals surface area contributed by atoms with Gasteiger partial charge in [0, 0.05) is 19.4 Å². The van der Waals surface area contributed by atoms with Crippen molar-refractivity contribution in [2.75, 3.05) is 11.5 Å². The monoisotopic (exact) mass is 544 g/mol. The minimum atomic E-state index is -4.97. The molecule has 2 N–H and O–H groups in total. The molecule has 0 spiro atoms. The molecule has 9 nitrogen and oxygen atoms in total. The lowest BCUT2D eigenvalue weighted by Crippen LogP contribution is -2.61. The first kappa shape index (κ1) is 26.8. The largest absolute Gasteiger partial charge is 0.460 e. The van der Waals surface area contributed by atoms with E-state index >= 15 is 0 Å². The molecule has 3 heterocycles. The van der Waals surface area contributed by atoms with Crippen LogP contribution in [-0.2, 0) is 36.6 Å². The molecule has 2 aromatic carbocycles. The standard InChI is InChI=1S/C27H23F3N2O7/c1-24-12-19(34)25(39-24,9-10-33)20-21(35)32(17-8-7-16(13-31)18(11-17)27(28,29)30)22(36)26(20,24)23(37)38-14-15-5-3-2-4-6-15/h2-8,11,19-20,33-34H,9-10,12,14H2,1H3/t19-,20-,24+,25-,26+/m0/s1. The zero-order valence-corrected chi connectivity index (χ0v) is 20.6. The highest BCUT2D eigenvalue weighted by molar-refractivity contribution is 6.31. The van der Waals surface area contributed by atoms with Crippen LogP contribution < -0.4 is 4.90 Å². The fourth-order valence-electron chi connectivity index (χ4n) is 6.43. The van der Waals surface area contributed by atoms with Gasteiger partial charge in [-0.25, -0.2) is 4.90 Å². The van der Waals surface area contributed by atoms with Gasteiger partial charge in [0.2, 0.25) is 5.91 Å². The topological polar surface area (TPSA) is 137 Å². The maximum atomic E-state index is 14.2. The van der Waals surface area contributed by atoms with Gasteiger partial charge >= 0.3 is 12.1 Å². The van der Waals surface area contributed by atoms with Crippen molar-refractivity contribution in [3.05, 3.63) is 65.2 Å². The fraction of sp³-hybridized carbons (Fsp3) is 0.407. The molecule has 2 amide bonds. The van der Waals surface area contributed by atoms with Gasteiger partial charge in [-0.05, 0) is 30.7 Å². The summed E-state index contributed by atoms with van der Waals surface area (Å²) in [6.45, 7) is 0.527. The van der Waals surface area contributed by atoms with E-state index in [1.54, 1.807) is 30.3 Å². The van der Waals surface area contributed by atoms with Crippen molar-refractivity contribution in [3.8, 4) is 6.07 Å². The number of nitriles is 1. The minimum Gasteiger partial charge on any atom is -0.460 e. The number of rotatable bonds is 6. The Hall–Kier alpha value is -3.79. The highest BCUT2D eigenvalue weighted by Crippen LogP contribution is 2.69. The number of nitrogens with zero attached hydrogens (tertiary/aromatic N) is 2. The van der Waals surface area contributed by atoms with Crippen LogP contribution in [0.1, 0.15) is 36.5 Å². The van der Waals surface area contributed by atoms with Crippen LogP contribution in [-0.4, -0.2) is 51.9 Å². The van der Waals surface area contributed by atoms with Gasteiger partial charge in [0.1, 0.15) is 12.2 Å². The number of aliphatic hydroxyl groups is 2. The molecule has 204 valence electrons. The zero-order valence-electron chi connectivity index (χ0n) is 20.6. The molecule has 3 aliphatic heterocycles. The molecule has 12 heteroatoms. The van der Waals surface area contributed by atoms with Crippen LogP contribution in [0.3, 0.4) is 0 Å². The summed E-state index contributed by atoms with van der Waals surface area (Å²) < 4.78 is 52.7. The molecule has 0 radical (unpaired) electrons. The quantitative estimate of drug-likeness (QED) is 0.322. The third kappa shape index (κ3) is 3.53. The molecule has 3 saturated heterocycles. The molecule has 0 unspecified atom stereocenters. The molecule has 39 heavy (non-hydrogen) atoms. The van der Waals surface area contributed by atoms with Crippen LogP contribution in [0, 0.1) is 22.7 Å². The van der Waals surface area contributed by atoms with Crippen molar-refractivity contribution in [1.82, 2.24) is 0 Å². The summed E-state index contributed by atoms with van der Waals surface area (Å²) in [7, 11) is 0. The number of fused-ring (bicyclic) bond motifs is 5. The molecule has 3 fully saturated rings. The van der Waals surface area contributed by atoms with Crippen LogP contribution in [0.25, 0.3) is 0 Å². The molecular formula is C27H23F3N2O7. The number of amides is 2. The van der Waals surface area contributed by atoms with E-state index in [0.717, 1.165) is 12.1 Å². The van der Waals surface area contributed by atoms with E-state index in [2.05, 4.69) is 0 Å². The number of alkyl halides is 3. The number of halogens is 3. The van der Waals surface area contributed by atoms with Crippen LogP contribution in [0.4, 0.5) is 18.9 Å². The number of hydrogen-bond donors (Lipinski definition) is 2. The van der Waals surface area contributed by atoms with E-state index in [-0.39, 0.29) is 19.4 Å². The first-order valence-corrected chi connectivity index (χ1v) is 12.1. The van der Waals surface area contributed by atoms with Crippen LogP contribution >= 0.6 is 0 Å². The normalized spacial score (nSPS) is 31.4. The highest BCUT2D eigenvalue weighted by atomic mass is 19.4. The summed E-state index contributed by atoms with van der Waals surface area (Å²) in [6, 6.07) is 12.3. The maximum Gasteiger partial charge on any atom is 0.417 e. The third-order valence-corrected chi connectivity index (χ3v) is 8.05. The Morgan fingerprint density at radius 3 is 2.54 bits per heavy atom. The van der Waals surface area contributed by atoms with Gasteiger partial charge in [-0.15, -0.1) is 0 Å². The first-order valence-electron chi connectivity index (χ1n) is 12.1. The summed E-state index contributed by atoms with van der Waals surface area (Å²) in [6.07, 6.45) is -6.93. The van der Waals surface area contributed by atoms with E-state index in [0.29, 0.717) is 16.5 Å². The number of carbonyl (C=O) groups excluding carboxylic acids is 3. The predicted octanol–water partition coefficient (Wildman–Crippen LogP) is 2.47. The average molecular weight is 544 g/mol. The summed E-state index contributed by atoms with van der Waals surface area (Å²) in [5, 5.41) is 29.9. The second kappa shape index (κ2) is 8.87. The van der Waals surface area contributed by atoms with Gasteiger partial charge in [-0.3, -0.25) is 14.4 Å². The van der Waals surface area contributed by atoms with Crippen molar-refractivity contribution in [2.24, 2.45) is 11.3 Å². The second-order valence-electron chi connectivity index (χ2n) is 10.1. The van der Waals surface area contributed by atoms with Crippen LogP contribution in [0.15, 0.2) is 48.5 Å². The van der Waals surface area contributed by atoms with Gasteiger partial charge < -0.3 is 19.7 Å². The molecule has 0 aromatic heterocycles. The van der Waals surface area contributed by atoms with Crippen LogP contribution in [0.5, 0.6) is 0 Å². The van der Waals surface area contributed by atoms with E-state index in [1.165, 1.54) is 13.0 Å². The summed E-state index contributed by atoms with van der Waals surface area (Å²) in [5.41, 5.74) is -8.00. The third-order valence-electron chi connectivity index (χ3n) is 8.05. The number of esters is 1. The smallest absolute Gasteiger partial charge is 0.417 e. The van der Waals surface area contributed by atoms with Crippen LogP contribution in [0.2, 0.25) is 0 Å². The van der Waals surface area contributed by atoms with E-state index in [9.17, 15) is 37.8 Å². The Labute approximate surface area is 220 Å². The van der Waals surface area contributed by atoms with Gasteiger partial charge in [0.25, 0.3) is 5.91 Å². The molecule has 5 rings (SSSR count). The maximum absolute atomic E-state index is 14.2. The molecule has 2 bridgehead atoms. The molecule has 0 saturated carbocycles. The Balaban J connectivity index is 1.66. The van der Waals surface area contributed by atoms with E-state index in [1.807, 2.05) is 0 Å². The van der Waals surface area contributed by atoms with Gasteiger partial charge in [-0.1, -0.05) is 30.3 Å². The molecule has 3 aliphatic rings. The number of anilines is 1. The predicted molar refractivity (Wildman–Crippen MR) is 125 cm³/mol. The summed E-state index contributed by atoms with van der Waals surface area (Å²) >= 11 is 0. The Morgan fingerprint density at radius 2 is 1.92 bits per heavy atom. The minimum absolute atomic E-state index is 0.266. The van der Waals surface area contributed by atoms with Crippen molar-refractivity contribution >= 4 is 23.5 Å². The molecule has 0 aliphatic carbocycles. The van der Waals surface area contributed by atoms with Gasteiger partial charge in [0.15, 0.2) is 5.41 Å². The lowest BCUT2D eigenvalue weighted by atomic mass is 9.56.